The maximum atomic E-state index is 13.2. The zero-order chi connectivity index (χ0) is 23.8. The normalized spacial score (nSPS) is 11.7. The topological polar surface area (TPSA) is 140 Å². The van der Waals surface area contributed by atoms with Gasteiger partial charge in [0.1, 0.15) is 11.6 Å². The Morgan fingerprint density at radius 2 is 2.06 bits per heavy atom. The van der Waals surface area contributed by atoms with Gasteiger partial charge in [-0.3, -0.25) is 9.36 Å². The van der Waals surface area contributed by atoms with Crippen molar-refractivity contribution in [3.05, 3.63) is 50.0 Å². The monoisotopic (exact) mass is 546 g/mol. The van der Waals surface area contributed by atoms with E-state index >= 15 is 0 Å². The smallest absolute Gasteiger partial charge is 0.286 e. The first kappa shape index (κ1) is 22.5. The number of imidazole rings is 1. The fourth-order valence-electron chi connectivity index (χ4n) is 3.83. The molecule has 0 spiro atoms. The second-order valence-corrected chi connectivity index (χ2v) is 8.98. The molecule has 0 saturated carbocycles. The zero-order valence-corrected chi connectivity index (χ0v) is 20.5. The Hall–Kier alpha value is -3.25. The van der Waals surface area contributed by atoms with Gasteiger partial charge >= 0.3 is 0 Å². The van der Waals surface area contributed by atoms with E-state index in [1.165, 1.54) is 16.5 Å². The number of H-pyrrole nitrogens is 1. The third kappa shape index (κ3) is 4.07. The first-order chi connectivity index (χ1) is 16.5. The quantitative estimate of drug-likeness (QED) is 0.220. The summed E-state index contributed by atoms with van der Waals surface area (Å²) in [5, 5.41) is 22.4. The highest BCUT2D eigenvalue weighted by Gasteiger charge is 2.20. The molecule has 0 saturated heterocycles. The van der Waals surface area contributed by atoms with Crippen molar-refractivity contribution in [1.82, 2.24) is 39.3 Å². The molecule has 4 heterocycles. The number of rotatable bonds is 8. The van der Waals surface area contributed by atoms with E-state index in [-0.39, 0.29) is 17.2 Å². The summed E-state index contributed by atoms with van der Waals surface area (Å²) in [6.45, 7) is 2.81. The summed E-state index contributed by atoms with van der Waals surface area (Å²) in [7, 11) is 0. The Bertz CT molecular complexity index is 1550. The summed E-state index contributed by atoms with van der Waals surface area (Å²) in [6, 6.07) is 4.51. The van der Waals surface area contributed by atoms with E-state index in [0.29, 0.717) is 63.3 Å². The number of halogens is 2. The van der Waals surface area contributed by atoms with Gasteiger partial charge in [-0.05, 0) is 40.5 Å². The Morgan fingerprint density at radius 1 is 1.21 bits per heavy atom. The van der Waals surface area contributed by atoms with Gasteiger partial charge in [0.05, 0.1) is 10.6 Å². The molecule has 0 bridgehead atoms. The molecule has 0 amide bonds. The largest absolute Gasteiger partial charge is 0.508 e. The van der Waals surface area contributed by atoms with Gasteiger partial charge in [0, 0.05) is 19.4 Å². The highest BCUT2D eigenvalue weighted by molar-refractivity contribution is 9.10. The second kappa shape index (κ2) is 9.18. The number of phenols is 1. The van der Waals surface area contributed by atoms with Gasteiger partial charge in [-0.15, -0.1) is 10.2 Å². The molecule has 0 aliphatic heterocycles. The molecule has 4 aromatic heterocycles. The maximum Gasteiger partial charge on any atom is 0.286 e. The van der Waals surface area contributed by atoms with Gasteiger partial charge in [-0.2, -0.15) is 4.98 Å². The van der Waals surface area contributed by atoms with Crippen LogP contribution < -0.4 is 5.56 Å². The average Bonchev–Trinajstić information content (AvgIpc) is 3.53. The molecule has 2 N–H and O–H groups in total. The number of aromatic amines is 1. The highest BCUT2D eigenvalue weighted by atomic mass is 79.9. The van der Waals surface area contributed by atoms with Crippen LogP contribution in [0.5, 0.6) is 5.75 Å². The van der Waals surface area contributed by atoms with E-state index in [9.17, 15) is 9.90 Å². The van der Waals surface area contributed by atoms with Crippen LogP contribution in [-0.2, 0) is 19.4 Å². The summed E-state index contributed by atoms with van der Waals surface area (Å²) in [5.41, 5.74) is 1.20. The molecule has 1 aromatic carbocycles. The van der Waals surface area contributed by atoms with E-state index in [1.807, 2.05) is 4.57 Å². The number of aryl methyl sites for hydroxylation is 3. The Balaban J connectivity index is 1.46. The number of hydrogen-bond acceptors (Lipinski definition) is 8. The Morgan fingerprint density at radius 3 is 2.85 bits per heavy atom. The molecule has 13 heteroatoms. The number of hydrogen-bond donors (Lipinski definition) is 2. The van der Waals surface area contributed by atoms with Crippen LogP contribution in [-0.4, -0.2) is 44.4 Å². The number of benzene rings is 1. The van der Waals surface area contributed by atoms with Crippen LogP contribution in [0.4, 0.5) is 0 Å². The summed E-state index contributed by atoms with van der Waals surface area (Å²) >= 11 is 9.50. The molecule has 5 aromatic rings. The number of unbranched alkanes of at least 4 members (excludes halogenated alkanes) is 2. The lowest BCUT2D eigenvalue weighted by atomic mass is 10.2. The number of aromatic nitrogens is 8. The molecule has 34 heavy (non-hydrogen) atoms. The third-order valence-corrected chi connectivity index (χ3v) is 6.18. The fourth-order valence-corrected chi connectivity index (χ4v) is 4.45. The van der Waals surface area contributed by atoms with Crippen LogP contribution in [0, 0.1) is 0 Å². The minimum Gasteiger partial charge on any atom is -0.508 e. The summed E-state index contributed by atoms with van der Waals surface area (Å²) in [6.07, 6.45) is 3.80. The highest BCUT2D eigenvalue weighted by Crippen LogP contribution is 2.29. The van der Waals surface area contributed by atoms with Crippen molar-refractivity contribution >= 4 is 44.5 Å². The Kier molecular flexibility index (Phi) is 6.09. The second-order valence-electron chi connectivity index (χ2n) is 7.82. The van der Waals surface area contributed by atoms with Crippen LogP contribution in [0.3, 0.4) is 0 Å². The molecule has 5 rings (SSSR count). The van der Waals surface area contributed by atoms with E-state index in [0.717, 1.165) is 19.3 Å². The number of phenolic OH excluding ortho intramolecular Hbond substituents is 1. The maximum absolute atomic E-state index is 13.2. The number of fused-ring (bicyclic) bond motifs is 2. The molecule has 0 unspecified atom stereocenters. The van der Waals surface area contributed by atoms with E-state index in [4.69, 9.17) is 16.1 Å². The molecule has 0 aliphatic rings. The molecule has 0 aliphatic carbocycles. The average molecular weight is 548 g/mol. The third-order valence-electron chi connectivity index (χ3n) is 5.49. The number of nitrogens with zero attached hydrogens (tertiary/aromatic N) is 7. The lowest BCUT2D eigenvalue weighted by Crippen LogP contribution is -2.21. The van der Waals surface area contributed by atoms with Crippen LogP contribution in [0.2, 0.25) is 5.02 Å². The summed E-state index contributed by atoms with van der Waals surface area (Å²) in [5.74, 6) is 1.67. The van der Waals surface area contributed by atoms with Gasteiger partial charge in [-0.25, -0.2) is 9.38 Å². The van der Waals surface area contributed by atoms with Crippen LogP contribution in [0.25, 0.3) is 28.4 Å². The van der Waals surface area contributed by atoms with Crippen molar-refractivity contribution in [3.8, 4) is 17.2 Å². The van der Waals surface area contributed by atoms with E-state index in [2.05, 4.69) is 53.2 Å². The van der Waals surface area contributed by atoms with Crippen molar-refractivity contribution in [1.29, 1.82) is 0 Å². The van der Waals surface area contributed by atoms with Crippen LogP contribution >= 0.6 is 27.5 Å². The van der Waals surface area contributed by atoms with Gasteiger partial charge in [-0.1, -0.05) is 36.5 Å². The van der Waals surface area contributed by atoms with Crippen molar-refractivity contribution in [2.75, 3.05) is 0 Å². The van der Waals surface area contributed by atoms with Crippen molar-refractivity contribution in [3.63, 3.8) is 0 Å². The van der Waals surface area contributed by atoms with Gasteiger partial charge in [0.25, 0.3) is 11.4 Å². The lowest BCUT2D eigenvalue weighted by Gasteiger charge is -2.09. The molecule has 0 fully saturated rings. The molecule has 11 nitrogen and oxygen atoms in total. The molecule has 0 radical (unpaired) electrons. The van der Waals surface area contributed by atoms with Gasteiger partial charge in [0.15, 0.2) is 21.7 Å². The first-order valence-corrected chi connectivity index (χ1v) is 12.0. The zero-order valence-electron chi connectivity index (χ0n) is 18.1. The fraction of sp³-hybridized carbons (Fsp3) is 0.333. The summed E-state index contributed by atoms with van der Waals surface area (Å²) < 4.78 is 9.25. The molecule has 0 atom stereocenters. The summed E-state index contributed by atoms with van der Waals surface area (Å²) in [4.78, 5) is 25.0. The van der Waals surface area contributed by atoms with Gasteiger partial charge < -0.3 is 14.6 Å². The van der Waals surface area contributed by atoms with Gasteiger partial charge in [0.2, 0.25) is 5.78 Å². The van der Waals surface area contributed by atoms with E-state index < -0.39 is 0 Å². The minimum absolute atomic E-state index is 0.0472. The lowest BCUT2D eigenvalue weighted by molar-refractivity contribution is 0.422. The number of nitrogens with one attached hydrogen (secondary N) is 1. The predicted molar refractivity (Wildman–Crippen MR) is 128 cm³/mol. The molecular weight excluding hydrogens is 528 g/mol. The molecule has 176 valence electrons. The standard InChI is InChI=1S/C21H20BrClN8O3/c1-2-3-4-9-30-17-16(25-20(22)26-17)19(33)31-15(27-28-21(30)31)8-7-14-24-18(34-29-14)12-6-5-11(32)10-13(12)23/h5-6,10,32H,2-4,7-9H2,1H3,(H,25,26). The molecular formula is C21H20BrClN8O3. The van der Waals surface area contributed by atoms with Crippen LogP contribution in [0.15, 0.2) is 32.3 Å². The first-order valence-electron chi connectivity index (χ1n) is 10.8. The van der Waals surface area contributed by atoms with Crippen LogP contribution in [0.1, 0.15) is 37.8 Å². The van der Waals surface area contributed by atoms with E-state index in [1.54, 1.807) is 6.07 Å². The number of aromatic hydroxyl groups is 1. The Labute approximate surface area is 205 Å². The SMILES string of the molecule is CCCCCn1c2nc(Br)[nH]c2c(=O)n2c(CCc3noc(-c4ccc(O)cc4Cl)n3)nnc12. The minimum atomic E-state index is -0.264. The van der Waals surface area contributed by atoms with Crippen molar-refractivity contribution < 1.29 is 9.63 Å². The van der Waals surface area contributed by atoms with Crippen molar-refractivity contribution in [2.45, 2.75) is 45.6 Å². The van der Waals surface area contributed by atoms with Crippen molar-refractivity contribution in [2.24, 2.45) is 0 Å². The predicted octanol–water partition coefficient (Wildman–Crippen LogP) is 3.91.